The minimum Gasteiger partial charge on any atom is -0.497 e. The van der Waals surface area contributed by atoms with E-state index in [9.17, 15) is 9.59 Å². The fourth-order valence-corrected chi connectivity index (χ4v) is 1.96. The molecule has 0 aliphatic heterocycles. The van der Waals surface area contributed by atoms with Crippen LogP contribution in [0, 0.1) is 0 Å². The lowest BCUT2D eigenvalue weighted by Gasteiger charge is -2.08. The van der Waals surface area contributed by atoms with Crippen molar-refractivity contribution in [2.24, 2.45) is 0 Å². The van der Waals surface area contributed by atoms with Crippen LogP contribution < -0.4 is 9.47 Å². The second-order valence-electron chi connectivity index (χ2n) is 4.69. The van der Waals surface area contributed by atoms with Crippen molar-refractivity contribution >= 4 is 11.8 Å². The first-order valence-corrected chi connectivity index (χ1v) is 7.21. The molecule has 0 atom stereocenters. The van der Waals surface area contributed by atoms with Gasteiger partial charge in [-0.05, 0) is 37.3 Å². The first-order valence-electron chi connectivity index (χ1n) is 7.21. The molecule has 0 N–H and O–H groups in total. The second kappa shape index (κ2) is 7.98. The zero-order chi connectivity index (χ0) is 16.7. The number of hydrogen-bond donors (Lipinski definition) is 0. The lowest BCUT2D eigenvalue weighted by molar-refractivity contribution is 0.0526. The fraction of sp³-hybridized carbons (Fsp3) is 0.222. The third-order valence-electron chi connectivity index (χ3n) is 3.11. The Hall–Kier alpha value is -2.82. The number of ether oxygens (including phenoxy) is 3. The van der Waals surface area contributed by atoms with Gasteiger partial charge < -0.3 is 14.2 Å². The zero-order valence-electron chi connectivity index (χ0n) is 13.1. The van der Waals surface area contributed by atoms with E-state index in [1.54, 1.807) is 62.6 Å². The predicted octanol–water partition coefficient (Wildman–Crippen LogP) is 3.13. The predicted molar refractivity (Wildman–Crippen MR) is 85.2 cm³/mol. The molecule has 120 valence electrons. The molecule has 23 heavy (non-hydrogen) atoms. The van der Waals surface area contributed by atoms with Crippen molar-refractivity contribution in [3.05, 3.63) is 59.7 Å². The highest BCUT2D eigenvalue weighted by Gasteiger charge is 2.10. The quantitative estimate of drug-likeness (QED) is 0.580. The maximum Gasteiger partial charge on any atom is 0.338 e. The van der Waals surface area contributed by atoms with E-state index in [1.165, 1.54) is 0 Å². The van der Waals surface area contributed by atoms with Gasteiger partial charge in [-0.25, -0.2) is 4.79 Å². The molecule has 0 aromatic heterocycles. The van der Waals surface area contributed by atoms with Gasteiger partial charge in [0, 0.05) is 5.56 Å². The van der Waals surface area contributed by atoms with E-state index in [2.05, 4.69) is 0 Å². The molecule has 0 aliphatic rings. The van der Waals surface area contributed by atoms with Crippen LogP contribution in [0.4, 0.5) is 0 Å². The van der Waals surface area contributed by atoms with Gasteiger partial charge in [-0.3, -0.25) is 4.79 Å². The SMILES string of the molecule is CCOC(=O)c1cccc(OCC(=O)c2cccc(OC)c2)c1. The average molecular weight is 314 g/mol. The molecule has 5 nitrogen and oxygen atoms in total. The molecule has 0 aliphatic carbocycles. The number of rotatable bonds is 7. The summed E-state index contributed by atoms with van der Waals surface area (Å²) in [5.74, 6) is 0.453. The fourth-order valence-electron chi connectivity index (χ4n) is 1.96. The second-order valence-corrected chi connectivity index (χ2v) is 4.69. The number of esters is 1. The van der Waals surface area contributed by atoms with Gasteiger partial charge in [0.1, 0.15) is 11.5 Å². The van der Waals surface area contributed by atoms with Gasteiger partial charge in [0.05, 0.1) is 19.3 Å². The van der Waals surface area contributed by atoms with Crippen molar-refractivity contribution in [3.63, 3.8) is 0 Å². The molecular weight excluding hydrogens is 296 g/mol. The highest BCUT2D eigenvalue weighted by molar-refractivity contribution is 5.97. The molecule has 0 unspecified atom stereocenters. The molecule has 0 radical (unpaired) electrons. The van der Waals surface area contributed by atoms with Gasteiger partial charge >= 0.3 is 5.97 Å². The van der Waals surface area contributed by atoms with E-state index in [-0.39, 0.29) is 12.4 Å². The van der Waals surface area contributed by atoms with E-state index in [0.717, 1.165) is 0 Å². The van der Waals surface area contributed by atoms with Crippen LogP contribution in [0.1, 0.15) is 27.6 Å². The molecular formula is C18H18O5. The number of hydrogen-bond acceptors (Lipinski definition) is 5. The first kappa shape index (κ1) is 16.5. The molecule has 0 fully saturated rings. The summed E-state index contributed by atoms with van der Waals surface area (Å²) in [6.07, 6.45) is 0. The van der Waals surface area contributed by atoms with Crippen molar-refractivity contribution in [3.8, 4) is 11.5 Å². The zero-order valence-corrected chi connectivity index (χ0v) is 13.1. The smallest absolute Gasteiger partial charge is 0.338 e. The molecule has 2 rings (SSSR count). The third kappa shape index (κ3) is 4.57. The molecule has 0 amide bonds. The van der Waals surface area contributed by atoms with Gasteiger partial charge in [0.25, 0.3) is 0 Å². The van der Waals surface area contributed by atoms with E-state index in [4.69, 9.17) is 14.2 Å². The summed E-state index contributed by atoms with van der Waals surface area (Å²) in [5.41, 5.74) is 0.893. The highest BCUT2D eigenvalue weighted by Crippen LogP contribution is 2.16. The summed E-state index contributed by atoms with van der Waals surface area (Å²) >= 11 is 0. The van der Waals surface area contributed by atoms with Gasteiger partial charge in [-0.1, -0.05) is 18.2 Å². The average Bonchev–Trinajstić information content (AvgIpc) is 2.60. The molecule has 0 saturated carbocycles. The molecule has 0 saturated heterocycles. The molecule has 0 spiro atoms. The van der Waals surface area contributed by atoms with E-state index < -0.39 is 5.97 Å². The maximum absolute atomic E-state index is 12.1. The standard InChI is InChI=1S/C18H18O5/c1-3-22-18(20)14-7-5-9-16(11-14)23-12-17(19)13-6-4-8-15(10-13)21-2/h4-11H,3,12H2,1-2H3. The summed E-state index contributed by atoms with van der Waals surface area (Å²) < 4.78 is 15.5. The monoisotopic (exact) mass is 314 g/mol. The van der Waals surface area contributed by atoms with Crippen molar-refractivity contribution in [2.75, 3.05) is 20.3 Å². The van der Waals surface area contributed by atoms with Crippen molar-refractivity contribution in [1.29, 1.82) is 0 Å². The largest absolute Gasteiger partial charge is 0.497 e. The van der Waals surface area contributed by atoms with Gasteiger partial charge in [-0.15, -0.1) is 0 Å². The van der Waals surface area contributed by atoms with E-state index in [1.807, 2.05) is 0 Å². The Morgan fingerprint density at radius 1 is 0.957 bits per heavy atom. The number of ketones is 1. The summed E-state index contributed by atoms with van der Waals surface area (Å²) in [4.78, 5) is 23.8. The van der Waals surface area contributed by atoms with Crippen LogP contribution >= 0.6 is 0 Å². The molecule has 0 heterocycles. The van der Waals surface area contributed by atoms with Crippen LogP contribution in [-0.2, 0) is 4.74 Å². The van der Waals surface area contributed by atoms with Gasteiger partial charge in [0.15, 0.2) is 12.4 Å². The van der Waals surface area contributed by atoms with Gasteiger partial charge in [0.2, 0.25) is 0 Å². The van der Waals surface area contributed by atoms with E-state index >= 15 is 0 Å². The summed E-state index contributed by atoms with van der Waals surface area (Å²) in [6, 6.07) is 13.4. The molecule has 2 aromatic rings. The van der Waals surface area contributed by atoms with Crippen LogP contribution in [0.2, 0.25) is 0 Å². The summed E-state index contributed by atoms with van der Waals surface area (Å²) in [7, 11) is 1.54. The molecule has 5 heteroatoms. The van der Waals surface area contributed by atoms with Crippen LogP contribution in [0.25, 0.3) is 0 Å². The van der Waals surface area contributed by atoms with E-state index in [0.29, 0.717) is 29.2 Å². The topological polar surface area (TPSA) is 61.8 Å². The Bertz CT molecular complexity index is 693. The van der Waals surface area contributed by atoms with Crippen LogP contribution in [0.5, 0.6) is 11.5 Å². The van der Waals surface area contributed by atoms with Crippen LogP contribution in [0.15, 0.2) is 48.5 Å². The third-order valence-corrected chi connectivity index (χ3v) is 3.11. The minimum atomic E-state index is -0.419. The summed E-state index contributed by atoms with van der Waals surface area (Å²) in [6.45, 7) is 1.92. The van der Waals surface area contributed by atoms with Crippen molar-refractivity contribution < 1.29 is 23.8 Å². The van der Waals surface area contributed by atoms with Gasteiger partial charge in [-0.2, -0.15) is 0 Å². The Balaban J connectivity index is 2.01. The lowest BCUT2D eigenvalue weighted by Crippen LogP contribution is -2.12. The maximum atomic E-state index is 12.1. The number of carbonyl (C=O) groups excluding carboxylic acids is 2. The Morgan fingerprint density at radius 3 is 2.30 bits per heavy atom. The summed E-state index contributed by atoms with van der Waals surface area (Å²) in [5, 5.41) is 0. The highest BCUT2D eigenvalue weighted by atomic mass is 16.5. The Kier molecular flexibility index (Phi) is 5.74. The van der Waals surface area contributed by atoms with Crippen LogP contribution in [0.3, 0.4) is 0 Å². The number of methoxy groups -OCH3 is 1. The lowest BCUT2D eigenvalue weighted by atomic mass is 10.1. The Morgan fingerprint density at radius 2 is 1.61 bits per heavy atom. The molecule has 2 aromatic carbocycles. The van der Waals surface area contributed by atoms with Crippen molar-refractivity contribution in [2.45, 2.75) is 6.92 Å². The normalized spacial score (nSPS) is 10.0. The minimum absolute atomic E-state index is 0.126. The molecule has 0 bridgehead atoms. The Labute approximate surface area is 134 Å². The first-order chi connectivity index (χ1) is 11.1. The number of benzene rings is 2. The van der Waals surface area contributed by atoms with Crippen molar-refractivity contribution in [1.82, 2.24) is 0 Å². The number of Topliss-reactive ketones (excluding diaryl/α,β-unsaturated/α-hetero) is 1. The number of carbonyl (C=O) groups is 2. The van der Waals surface area contributed by atoms with Crippen LogP contribution in [-0.4, -0.2) is 32.1 Å².